The first-order chi connectivity index (χ1) is 14.1. The first-order valence-corrected chi connectivity index (χ1v) is 9.63. The van der Waals surface area contributed by atoms with E-state index in [-0.39, 0.29) is 5.82 Å². The van der Waals surface area contributed by atoms with Crippen molar-refractivity contribution in [3.63, 3.8) is 0 Å². The number of aromatic nitrogens is 2. The summed E-state index contributed by atoms with van der Waals surface area (Å²) in [6.07, 6.45) is 0. The van der Waals surface area contributed by atoms with Gasteiger partial charge in [0.15, 0.2) is 0 Å². The number of nitriles is 1. The number of hydrogen-bond acceptors (Lipinski definition) is 6. The number of halogens is 1. The average Bonchev–Trinajstić information content (AvgIpc) is 3.20. The van der Waals surface area contributed by atoms with Gasteiger partial charge in [0.2, 0.25) is 11.7 Å². The van der Waals surface area contributed by atoms with Gasteiger partial charge in [-0.3, -0.25) is 9.80 Å². The highest BCUT2D eigenvalue weighted by Gasteiger charge is 2.20. The minimum Gasteiger partial charge on any atom is -0.338 e. The van der Waals surface area contributed by atoms with Crippen molar-refractivity contribution in [2.24, 2.45) is 0 Å². The molecule has 1 aromatic heterocycles. The fourth-order valence-corrected chi connectivity index (χ4v) is 3.44. The van der Waals surface area contributed by atoms with Gasteiger partial charge < -0.3 is 4.52 Å². The largest absolute Gasteiger partial charge is 0.338 e. The molecule has 2 aromatic carbocycles. The Hall–Kier alpha value is -3.08. The minimum atomic E-state index is -0.263. The fourth-order valence-electron chi connectivity index (χ4n) is 3.44. The zero-order valence-corrected chi connectivity index (χ0v) is 16.3. The molecule has 0 bridgehead atoms. The molecule has 0 saturated carbocycles. The zero-order valence-electron chi connectivity index (χ0n) is 16.3. The second-order valence-corrected chi connectivity index (χ2v) is 7.35. The Kier molecular flexibility index (Phi) is 5.65. The summed E-state index contributed by atoms with van der Waals surface area (Å²) in [5, 5.41) is 13.1. The van der Waals surface area contributed by atoms with E-state index in [9.17, 15) is 4.39 Å². The number of benzene rings is 2. The van der Waals surface area contributed by atoms with Gasteiger partial charge >= 0.3 is 0 Å². The molecule has 0 unspecified atom stereocenters. The summed E-state index contributed by atoms with van der Waals surface area (Å²) >= 11 is 0. The van der Waals surface area contributed by atoms with E-state index in [2.05, 4.69) is 26.0 Å². The summed E-state index contributed by atoms with van der Waals surface area (Å²) in [5.74, 6) is 0.939. The van der Waals surface area contributed by atoms with Crippen LogP contribution in [0.25, 0.3) is 11.4 Å². The average molecular weight is 391 g/mol. The number of rotatable bonds is 5. The Morgan fingerprint density at radius 1 is 1.03 bits per heavy atom. The number of hydrogen-bond donors (Lipinski definition) is 0. The Morgan fingerprint density at radius 3 is 2.41 bits per heavy atom. The van der Waals surface area contributed by atoms with Crippen molar-refractivity contribution in [3.8, 4) is 17.5 Å². The molecule has 1 fully saturated rings. The second kappa shape index (κ2) is 8.52. The highest BCUT2D eigenvalue weighted by atomic mass is 19.1. The Bertz CT molecular complexity index is 1020. The molecule has 0 aliphatic carbocycles. The quantitative estimate of drug-likeness (QED) is 0.664. The molecule has 1 aliphatic heterocycles. The summed E-state index contributed by atoms with van der Waals surface area (Å²) in [5.41, 5.74) is 3.18. The van der Waals surface area contributed by atoms with Crippen LogP contribution in [-0.2, 0) is 13.1 Å². The Morgan fingerprint density at radius 2 is 1.72 bits per heavy atom. The van der Waals surface area contributed by atoms with E-state index in [4.69, 9.17) is 9.78 Å². The van der Waals surface area contributed by atoms with Gasteiger partial charge in [0.25, 0.3) is 0 Å². The number of aryl methyl sites for hydroxylation is 1. The molecule has 0 radical (unpaired) electrons. The molecule has 148 valence electrons. The van der Waals surface area contributed by atoms with Crippen molar-refractivity contribution in [1.29, 1.82) is 5.26 Å². The monoisotopic (exact) mass is 391 g/mol. The molecule has 1 saturated heterocycles. The third kappa shape index (κ3) is 4.67. The van der Waals surface area contributed by atoms with Gasteiger partial charge in [-0.2, -0.15) is 10.2 Å². The van der Waals surface area contributed by atoms with Crippen molar-refractivity contribution in [2.45, 2.75) is 20.0 Å². The maximum Gasteiger partial charge on any atom is 0.241 e. The minimum absolute atomic E-state index is 0.263. The first-order valence-electron chi connectivity index (χ1n) is 9.63. The van der Waals surface area contributed by atoms with Gasteiger partial charge in [-0.1, -0.05) is 35.0 Å². The SMILES string of the molecule is Cc1ccc(-c2noc(CN3CCN(Cc4cc(C#N)ccc4F)CC3)n2)cc1. The predicted molar refractivity (Wildman–Crippen MR) is 106 cm³/mol. The molecule has 1 aliphatic rings. The molecule has 4 rings (SSSR count). The van der Waals surface area contributed by atoms with Crippen LogP contribution in [0.2, 0.25) is 0 Å². The molecule has 0 spiro atoms. The standard InChI is InChI=1S/C22H22FN5O/c1-16-2-5-18(6-3-16)22-25-21(29-26-22)15-28-10-8-27(9-11-28)14-19-12-17(13-24)4-7-20(19)23/h2-7,12H,8-11,14-15H2,1H3. The van der Waals surface area contributed by atoms with Crippen LogP contribution in [0.15, 0.2) is 47.0 Å². The van der Waals surface area contributed by atoms with Crippen molar-refractivity contribution in [3.05, 3.63) is 70.9 Å². The van der Waals surface area contributed by atoms with Crippen molar-refractivity contribution < 1.29 is 8.91 Å². The maximum atomic E-state index is 14.0. The van der Waals surface area contributed by atoms with Gasteiger partial charge in [-0.15, -0.1) is 0 Å². The summed E-state index contributed by atoms with van der Waals surface area (Å²) in [6.45, 7) is 6.45. The van der Waals surface area contributed by atoms with E-state index in [1.165, 1.54) is 17.7 Å². The highest BCUT2D eigenvalue weighted by Crippen LogP contribution is 2.18. The summed E-state index contributed by atoms with van der Waals surface area (Å²) in [7, 11) is 0. The Balaban J connectivity index is 1.31. The van der Waals surface area contributed by atoms with Crippen molar-refractivity contribution in [1.82, 2.24) is 19.9 Å². The first kappa shape index (κ1) is 19.2. The molecule has 3 aromatic rings. The Labute approximate surface area is 169 Å². The molecular weight excluding hydrogens is 369 g/mol. The van der Waals surface area contributed by atoms with Crippen LogP contribution in [-0.4, -0.2) is 46.1 Å². The van der Waals surface area contributed by atoms with Gasteiger partial charge in [0.1, 0.15) is 5.82 Å². The number of piperazine rings is 1. The van der Waals surface area contributed by atoms with E-state index in [0.29, 0.717) is 35.9 Å². The molecule has 6 nitrogen and oxygen atoms in total. The van der Waals surface area contributed by atoms with Crippen LogP contribution in [0.5, 0.6) is 0 Å². The third-order valence-electron chi connectivity index (χ3n) is 5.17. The summed E-state index contributed by atoms with van der Waals surface area (Å²) < 4.78 is 19.4. The lowest BCUT2D eigenvalue weighted by molar-refractivity contribution is 0.111. The summed E-state index contributed by atoms with van der Waals surface area (Å²) in [4.78, 5) is 8.96. The van der Waals surface area contributed by atoms with Gasteiger partial charge in [-0.05, 0) is 25.1 Å². The predicted octanol–water partition coefficient (Wildman–Crippen LogP) is 3.37. The third-order valence-corrected chi connectivity index (χ3v) is 5.17. The highest BCUT2D eigenvalue weighted by molar-refractivity contribution is 5.54. The van der Waals surface area contributed by atoms with Crippen LogP contribution in [0.1, 0.15) is 22.6 Å². The van der Waals surface area contributed by atoms with E-state index < -0.39 is 0 Å². The van der Waals surface area contributed by atoms with E-state index >= 15 is 0 Å². The lowest BCUT2D eigenvalue weighted by Gasteiger charge is -2.34. The lowest BCUT2D eigenvalue weighted by Crippen LogP contribution is -2.45. The number of nitrogens with zero attached hydrogens (tertiary/aromatic N) is 5. The van der Waals surface area contributed by atoms with E-state index in [1.54, 1.807) is 6.07 Å². The topological polar surface area (TPSA) is 69.2 Å². The summed E-state index contributed by atoms with van der Waals surface area (Å²) in [6, 6.07) is 14.6. The van der Waals surface area contributed by atoms with Crippen LogP contribution in [0.3, 0.4) is 0 Å². The maximum absolute atomic E-state index is 14.0. The smallest absolute Gasteiger partial charge is 0.241 e. The fraction of sp³-hybridized carbons (Fsp3) is 0.318. The van der Waals surface area contributed by atoms with Gasteiger partial charge in [0, 0.05) is 43.9 Å². The van der Waals surface area contributed by atoms with Gasteiger partial charge in [0.05, 0.1) is 18.2 Å². The van der Waals surface area contributed by atoms with Crippen LogP contribution < -0.4 is 0 Å². The van der Waals surface area contributed by atoms with Crippen molar-refractivity contribution in [2.75, 3.05) is 26.2 Å². The molecule has 0 amide bonds. The van der Waals surface area contributed by atoms with Crippen LogP contribution in [0, 0.1) is 24.1 Å². The van der Waals surface area contributed by atoms with Crippen LogP contribution >= 0.6 is 0 Å². The second-order valence-electron chi connectivity index (χ2n) is 7.35. The zero-order chi connectivity index (χ0) is 20.2. The molecule has 29 heavy (non-hydrogen) atoms. The normalized spacial score (nSPS) is 15.3. The van der Waals surface area contributed by atoms with E-state index in [1.807, 2.05) is 31.2 Å². The van der Waals surface area contributed by atoms with Gasteiger partial charge in [-0.25, -0.2) is 4.39 Å². The molecule has 2 heterocycles. The molecule has 0 atom stereocenters. The molecule has 7 heteroatoms. The van der Waals surface area contributed by atoms with Crippen molar-refractivity contribution >= 4 is 0 Å². The molecular formula is C22H22FN5O. The van der Waals surface area contributed by atoms with E-state index in [0.717, 1.165) is 31.7 Å². The lowest BCUT2D eigenvalue weighted by atomic mass is 10.1. The molecule has 0 N–H and O–H groups in total. The van der Waals surface area contributed by atoms with Crippen LogP contribution in [0.4, 0.5) is 4.39 Å².